The summed E-state index contributed by atoms with van der Waals surface area (Å²) in [5, 5.41) is 14.2. The second kappa shape index (κ2) is 10.5. The zero-order chi connectivity index (χ0) is 23.3. The van der Waals surface area contributed by atoms with E-state index >= 15 is 0 Å². The van der Waals surface area contributed by atoms with Crippen molar-refractivity contribution >= 4 is 11.8 Å². The molecule has 1 fully saturated rings. The Morgan fingerprint density at radius 1 is 0.971 bits per heavy atom. The molecule has 176 valence electrons. The van der Waals surface area contributed by atoms with Gasteiger partial charge < -0.3 is 4.52 Å². The lowest BCUT2D eigenvalue weighted by atomic mass is 10.1. The number of hydrogen-bond acceptors (Lipinski definition) is 7. The molecule has 4 aromatic rings. The van der Waals surface area contributed by atoms with Gasteiger partial charge in [-0.2, -0.15) is 4.98 Å². The molecule has 1 aliphatic heterocycles. The fourth-order valence-electron chi connectivity index (χ4n) is 4.38. The third-order valence-electron chi connectivity index (χ3n) is 6.40. The highest BCUT2D eigenvalue weighted by molar-refractivity contribution is 7.98. The van der Waals surface area contributed by atoms with E-state index in [0.29, 0.717) is 17.5 Å². The van der Waals surface area contributed by atoms with Crippen LogP contribution in [0.2, 0.25) is 0 Å². The van der Waals surface area contributed by atoms with Gasteiger partial charge in [-0.1, -0.05) is 72.7 Å². The average molecular weight is 475 g/mol. The molecule has 0 radical (unpaired) electrons. The lowest BCUT2D eigenvalue weighted by Crippen LogP contribution is -2.33. The molecule has 1 saturated heterocycles. The molecule has 0 spiro atoms. The molecule has 5 rings (SSSR count). The van der Waals surface area contributed by atoms with E-state index in [-0.39, 0.29) is 6.04 Å². The summed E-state index contributed by atoms with van der Waals surface area (Å²) in [5.41, 5.74) is 3.32. The Bertz CT molecular complexity index is 1200. The van der Waals surface area contributed by atoms with E-state index in [1.54, 1.807) is 11.8 Å². The summed E-state index contributed by atoms with van der Waals surface area (Å²) >= 11 is 1.57. The Balaban J connectivity index is 1.36. The summed E-state index contributed by atoms with van der Waals surface area (Å²) in [5.74, 6) is 2.69. The molecule has 1 aliphatic rings. The molecule has 34 heavy (non-hydrogen) atoms. The fourth-order valence-corrected chi connectivity index (χ4v) is 5.18. The van der Waals surface area contributed by atoms with E-state index in [4.69, 9.17) is 4.52 Å². The number of benzene rings is 2. The van der Waals surface area contributed by atoms with Crippen molar-refractivity contribution in [3.63, 3.8) is 0 Å². The van der Waals surface area contributed by atoms with Crippen molar-refractivity contribution in [1.29, 1.82) is 0 Å². The topological polar surface area (TPSA) is 72.9 Å². The monoisotopic (exact) mass is 474 g/mol. The number of nitrogens with zero attached hydrogens (tertiary/aromatic N) is 6. The molecule has 2 aromatic heterocycles. The predicted octanol–water partition coefficient (Wildman–Crippen LogP) is 5.72. The summed E-state index contributed by atoms with van der Waals surface area (Å²) in [4.78, 5) is 7.11. The van der Waals surface area contributed by atoms with Crippen LogP contribution in [0.25, 0.3) is 17.1 Å². The van der Waals surface area contributed by atoms with Gasteiger partial charge >= 0.3 is 0 Å². The van der Waals surface area contributed by atoms with Crippen LogP contribution in [0.4, 0.5) is 0 Å². The van der Waals surface area contributed by atoms with Gasteiger partial charge in [0.1, 0.15) is 0 Å². The maximum atomic E-state index is 5.54. The van der Waals surface area contributed by atoms with Crippen LogP contribution >= 0.6 is 11.8 Å². The van der Waals surface area contributed by atoms with Crippen molar-refractivity contribution in [3.8, 4) is 17.1 Å². The summed E-state index contributed by atoms with van der Waals surface area (Å²) < 4.78 is 7.72. The minimum absolute atomic E-state index is 0.198. The highest BCUT2D eigenvalue weighted by Crippen LogP contribution is 2.30. The molecule has 7 nitrogen and oxygen atoms in total. The van der Waals surface area contributed by atoms with Crippen LogP contribution in [0.5, 0.6) is 0 Å². The zero-order valence-electron chi connectivity index (χ0n) is 19.7. The molecular formula is C26H30N6OS. The number of aromatic nitrogens is 5. The molecule has 0 aliphatic carbocycles. The van der Waals surface area contributed by atoms with Crippen molar-refractivity contribution in [3.05, 3.63) is 71.9 Å². The van der Waals surface area contributed by atoms with Gasteiger partial charge in [-0.15, -0.1) is 10.2 Å². The Hall–Kier alpha value is -2.97. The lowest BCUT2D eigenvalue weighted by molar-refractivity contribution is 0.167. The smallest absolute Gasteiger partial charge is 0.237 e. The third-order valence-corrected chi connectivity index (χ3v) is 7.31. The first-order valence-corrected chi connectivity index (χ1v) is 13.0. The van der Waals surface area contributed by atoms with Crippen molar-refractivity contribution < 1.29 is 4.52 Å². The Labute approximate surface area is 204 Å². The molecule has 0 saturated carbocycles. The summed E-state index contributed by atoms with van der Waals surface area (Å²) in [6, 6.07) is 18.8. The second-order valence-electron chi connectivity index (χ2n) is 8.64. The molecule has 8 heteroatoms. The van der Waals surface area contributed by atoms with E-state index < -0.39 is 0 Å². The number of thioether (sulfide) groups is 1. The Morgan fingerprint density at radius 3 is 2.47 bits per heavy atom. The maximum absolute atomic E-state index is 5.54. The Kier molecular flexibility index (Phi) is 7.06. The molecule has 0 amide bonds. The highest BCUT2D eigenvalue weighted by Gasteiger charge is 2.25. The van der Waals surface area contributed by atoms with E-state index in [1.165, 1.54) is 24.8 Å². The lowest BCUT2D eigenvalue weighted by Gasteiger charge is -2.31. The van der Waals surface area contributed by atoms with Crippen molar-refractivity contribution in [2.75, 3.05) is 13.1 Å². The summed E-state index contributed by atoms with van der Waals surface area (Å²) in [7, 11) is 0. The van der Waals surface area contributed by atoms with Gasteiger partial charge in [-0.3, -0.25) is 9.47 Å². The number of aryl methyl sites for hydroxylation is 1. The molecule has 0 bridgehead atoms. The van der Waals surface area contributed by atoms with Crippen LogP contribution in [-0.2, 0) is 12.2 Å². The van der Waals surface area contributed by atoms with E-state index in [0.717, 1.165) is 41.7 Å². The van der Waals surface area contributed by atoms with Crippen molar-refractivity contribution in [2.24, 2.45) is 0 Å². The van der Waals surface area contributed by atoms with Gasteiger partial charge in [0, 0.05) is 11.3 Å². The number of para-hydroxylation sites is 1. The van der Waals surface area contributed by atoms with Gasteiger partial charge in [-0.05, 0) is 57.0 Å². The molecule has 0 unspecified atom stereocenters. The van der Waals surface area contributed by atoms with Gasteiger partial charge in [-0.25, -0.2) is 0 Å². The van der Waals surface area contributed by atoms with E-state index in [9.17, 15) is 0 Å². The third kappa shape index (κ3) is 4.93. The normalized spacial score (nSPS) is 15.5. The zero-order valence-corrected chi connectivity index (χ0v) is 20.5. The Morgan fingerprint density at radius 2 is 1.74 bits per heavy atom. The number of piperidine rings is 1. The SMILES string of the molecule is CCc1ccc(-c2noc(CSc3nnc([C@@H](C)N4CCCCC4)n3-c3ccccc3)n2)cc1. The van der Waals surface area contributed by atoms with Crippen LogP contribution in [0.3, 0.4) is 0 Å². The van der Waals surface area contributed by atoms with Crippen LogP contribution < -0.4 is 0 Å². The second-order valence-corrected chi connectivity index (χ2v) is 9.58. The average Bonchev–Trinajstić information content (AvgIpc) is 3.55. The standard InChI is InChI=1S/C26H30N6OS/c1-3-20-12-14-21(15-13-20)24-27-23(33-30-24)18-34-26-29-28-25(19(2)31-16-8-5-9-17-31)32(26)22-10-6-4-7-11-22/h4,6-7,10-15,19H,3,5,8-9,16-18H2,1-2H3/t19-/m1/s1. The van der Waals surface area contributed by atoms with Crippen molar-refractivity contribution in [1.82, 2.24) is 29.8 Å². The minimum Gasteiger partial charge on any atom is -0.338 e. The quantitative estimate of drug-likeness (QED) is 0.302. The largest absolute Gasteiger partial charge is 0.338 e. The van der Waals surface area contributed by atoms with Crippen LogP contribution in [0.15, 0.2) is 64.3 Å². The minimum atomic E-state index is 0.198. The van der Waals surface area contributed by atoms with E-state index in [2.05, 4.69) is 67.9 Å². The fraction of sp³-hybridized carbons (Fsp3) is 0.385. The first kappa shape index (κ1) is 22.8. The van der Waals surface area contributed by atoms with Gasteiger partial charge in [0.15, 0.2) is 11.0 Å². The van der Waals surface area contributed by atoms with Crippen LogP contribution in [0, 0.1) is 0 Å². The molecule has 2 aromatic carbocycles. The molecule has 1 atom stereocenters. The van der Waals surface area contributed by atoms with Gasteiger partial charge in [0.25, 0.3) is 0 Å². The van der Waals surface area contributed by atoms with E-state index in [1.807, 2.05) is 30.3 Å². The predicted molar refractivity (Wildman–Crippen MR) is 134 cm³/mol. The number of likely N-dealkylation sites (tertiary alicyclic amines) is 1. The summed E-state index contributed by atoms with van der Waals surface area (Å²) in [6.45, 7) is 6.59. The first-order chi connectivity index (χ1) is 16.7. The maximum Gasteiger partial charge on any atom is 0.237 e. The van der Waals surface area contributed by atoms with Crippen molar-refractivity contribution in [2.45, 2.75) is 56.5 Å². The number of rotatable bonds is 8. The highest BCUT2D eigenvalue weighted by atomic mass is 32.2. The van der Waals surface area contributed by atoms with Crippen LogP contribution in [-0.4, -0.2) is 42.9 Å². The molecule has 3 heterocycles. The van der Waals surface area contributed by atoms with Gasteiger partial charge in [0.05, 0.1) is 11.8 Å². The van der Waals surface area contributed by atoms with Crippen LogP contribution in [0.1, 0.15) is 56.4 Å². The molecule has 0 N–H and O–H groups in total. The molecular weight excluding hydrogens is 444 g/mol. The first-order valence-electron chi connectivity index (χ1n) is 12.0. The van der Waals surface area contributed by atoms with Gasteiger partial charge in [0.2, 0.25) is 11.7 Å². The number of hydrogen-bond donors (Lipinski definition) is 0. The summed E-state index contributed by atoms with van der Waals surface area (Å²) in [6.07, 6.45) is 4.80.